The Labute approximate surface area is 180 Å². The lowest BCUT2D eigenvalue weighted by Gasteiger charge is -2.36. The third kappa shape index (κ3) is 4.62. The molecule has 7 nitrogen and oxygen atoms in total. The number of halogens is 4. The Morgan fingerprint density at radius 3 is 2.22 bits per heavy atom. The van der Waals surface area contributed by atoms with E-state index in [4.69, 9.17) is 9.47 Å². The number of amides is 1. The molecule has 1 heterocycles. The number of fused-ring (bicyclic) bond motifs is 1. The van der Waals surface area contributed by atoms with Gasteiger partial charge in [-0.3, -0.25) is 14.5 Å². The molecule has 2 aromatic rings. The molecule has 1 amide bonds. The van der Waals surface area contributed by atoms with Crippen molar-refractivity contribution in [3.8, 4) is 11.5 Å². The summed E-state index contributed by atoms with van der Waals surface area (Å²) in [4.78, 5) is 25.4. The predicted molar refractivity (Wildman–Crippen MR) is 105 cm³/mol. The third-order valence-electron chi connectivity index (χ3n) is 5.20. The molecule has 0 saturated carbocycles. The molecule has 0 aliphatic carbocycles. The van der Waals surface area contributed by atoms with Crippen molar-refractivity contribution in [2.45, 2.75) is 18.9 Å². The first-order valence-electron chi connectivity index (χ1n) is 9.49. The summed E-state index contributed by atoms with van der Waals surface area (Å²) in [5, 5.41) is 11.2. The van der Waals surface area contributed by atoms with E-state index in [2.05, 4.69) is 0 Å². The number of benzene rings is 2. The normalized spacial score (nSPS) is 15.8. The zero-order valence-electron chi connectivity index (χ0n) is 17.2. The molecule has 0 bridgehead atoms. The molecule has 2 N–H and O–H groups in total. The van der Waals surface area contributed by atoms with Crippen molar-refractivity contribution < 1.29 is 41.7 Å². The molecule has 0 spiro atoms. The van der Waals surface area contributed by atoms with Crippen molar-refractivity contribution in [2.75, 3.05) is 32.6 Å². The second-order valence-electron chi connectivity index (χ2n) is 7.13. The minimum Gasteiger partial charge on any atom is -0.493 e. The number of aliphatic carboxylic acids is 1. The van der Waals surface area contributed by atoms with Crippen molar-refractivity contribution in [1.82, 2.24) is 4.90 Å². The van der Waals surface area contributed by atoms with Crippen LogP contribution in [0.5, 0.6) is 11.5 Å². The lowest BCUT2D eigenvalue weighted by molar-refractivity contribution is -0.139. The highest BCUT2D eigenvalue weighted by molar-refractivity contribution is 5.92. The van der Waals surface area contributed by atoms with Crippen LogP contribution < -0.4 is 14.8 Å². The van der Waals surface area contributed by atoms with Crippen molar-refractivity contribution >= 4 is 17.6 Å². The van der Waals surface area contributed by atoms with Gasteiger partial charge in [-0.2, -0.15) is 0 Å². The number of carbonyl (C=O) groups is 2. The first-order chi connectivity index (χ1) is 15.2. The molecule has 0 fully saturated rings. The third-order valence-corrected chi connectivity index (χ3v) is 5.20. The molecule has 0 radical (unpaired) electrons. The lowest BCUT2D eigenvalue weighted by atomic mass is 9.90. The first-order valence-corrected chi connectivity index (χ1v) is 9.49. The Morgan fingerprint density at radius 2 is 1.66 bits per heavy atom. The number of hydrogen-bond acceptors (Lipinski definition) is 5. The Hall–Kier alpha value is -3.34. The van der Waals surface area contributed by atoms with Crippen molar-refractivity contribution in [3.05, 3.63) is 52.6 Å². The maximum absolute atomic E-state index is 13.9. The van der Waals surface area contributed by atoms with E-state index < -0.39 is 53.4 Å². The summed E-state index contributed by atoms with van der Waals surface area (Å²) in [5.41, 5.74) is 0.152. The fourth-order valence-corrected chi connectivity index (χ4v) is 3.72. The number of methoxy groups -OCH3 is 2. The largest absolute Gasteiger partial charge is 0.493 e. The van der Waals surface area contributed by atoms with Crippen LogP contribution in [0.25, 0.3) is 0 Å². The van der Waals surface area contributed by atoms with Gasteiger partial charge >= 0.3 is 5.97 Å². The summed E-state index contributed by atoms with van der Waals surface area (Å²) < 4.78 is 65.1. The molecular formula is C21H20F4N2O5. The molecule has 1 atom stereocenters. The second-order valence-corrected chi connectivity index (χ2v) is 7.13. The van der Waals surface area contributed by atoms with Crippen LogP contribution in [0.2, 0.25) is 0 Å². The van der Waals surface area contributed by atoms with Gasteiger partial charge in [0, 0.05) is 18.7 Å². The van der Waals surface area contributed by atoms with E-state index in [1.165, 1.54) is 19.1 Å². The van der Waals surface area contributed by atoms with Crippen LogP contribution in [0.1, 0.15) is 23.6 Å². The molecular weight excluding hydrogens is 436 g/mol. The van der Waals surface area contributed by atoms with E-state index in [1.54, 1.807) is 12.1 Å². The number of ether oxygens (including phenoxy) is 2. The lowest BCUT2D eigenvalue weighted by Crippen LogP contribution is -2.41. The minimum atomic E-state index is -1.74. The Kier molecular flexibility index (Phi) is 6.87. The highest BCUT2D eigenvalue weighted by Crippen LogP contribution is 2.39. The zero-order valence-corrected chi connectivity index (χ0v) is 17.2. The molecule has 1 aliphatic rings. The summed E-state index contributed by atoms with van der Waals surface area (Å²) in [7, 11) is 2.89. The van der Waals surface area contributed by atoms with Gasteiger partial charge in [-0.05, 0) is 29.7 Å². The summed E-state index contributed by atoms with van der Waals surface area (Å²) in [6, 6.07) is 2.61. The number of hydrogen-bond donors (Lipinski definition) is 2. The Balaban J connectivity index is 1.88. The highest BCUT2D eigenvalue weighted by atomic mass is 19.2. The molecule has 0 saturated heterocycles. The molecule has 0 unspecified atom stereocenters. The number of rotatable bonds is 7. The molecule has 11 heteroatoms. The number of carboxylic acids is 1. The summed E-state index contributed by atoms with van der Waals surface area (Å²) >= 11 is 0. The quantitative estimate of drug-likeness (QED) is 0.491. The van der Waals surface area contributed by atoms with Gasteiger partial charge in [0.1, 0.15) is 5.69 Å². The summed E-state index contributed by atoms with van der Waals surface area (Å²) in [6.45, 7) is -0.223. The SMILES string of the molecule is COc1cc2c(cc1OC)[C@@H](CC(=O)O)N(CC(=O)Nc1c(F)c(F)cc(F)c1F)CC2. The zero-order chi connectivity index (χ0) is 23.6. The maximum atomic E-state index is 13.9. The standard InChI is InChI=1S/C21H20F4N2O5/c1-31-15-5-10-3-4-27(14(8-18(29)30)11(10)6-16(15)32-2)9-17(28)26-21-19(24)12(22)7-13(23)20(21)25/h5-7,14H,3-4,8-9H2,1-2H3,(H,26,28)(H,29,30)/t14-/m1/s1. The highest BCUT2D eigenvalue weighted by Gasteiger charge is 2.32. The monoisotopic (exact) mass is 456 g/mol. The van der Waals surface area contributed by atoms with Gasteiger partial charge in [-0.1, -0.05) is 0 Å². The molecule has 172 valence electrons. The molecule has 3 rings (SSSR count). The molecule has 1 aliphatic heterocycles. The van der Waals surface area contributed by atoms with Crippen molar-refractivity contribution in [1.29, 1.82) is 0 Å². The van der Waals surface area contributed by atoms with E-state index in [1.807, 2.05) is 5.32 Å². The van der Waals surface area contributed by atoms with Crippen molar-refractivity contribution in [3.63, 3.8) is 0 Å². The fraction of sp³-hybridized carbons (Fsp3) is 0.333. The van der Waals surface area contributed by atoms with Gasteiger partial charge < -0.3 is 19.9 Å². The van der Waals surface area contributed by atoms with Crippen LogP contribution in [0.3, 0.4) is 0 Å². The van der Waals surface area contributed by atoms with E-state index in [9.17, 15) is 32.3 Å². The van der Waals surface area contributed by atoms with Crippen LogP contribution >= 0.6 is 0 Å². The average molecular weight is 456 g/mol. The Bertz CT molecular complexity index is 1040. The van der Waals surface area contributed by atoms with Crippen LogP contribution in [0.4, 0.5) is 23.2 Å². The minimum absolute atomic E-state index is 0.0342. The van der Waals surface area contributed by atoms with Crippen LogP contribution in [-0.4, -0.2) is 49.2 Å². The molecule has 2 aromatic carbocycles. The first kappa shape index (κ1) is 23.3. The van der Waals surface area contributed by atoms with Gasteiger partial charge in [0.05, 0.1) is 27.2 Å². The van der Waals surface area contributed by atoms with E-state index >= 15 is 0 Å². The van der Waals surface area contributed by atoms with E-state index in [-0.39, 0.29) is 19.0 Å². The summed E-state index contributed by atoms with van der Waals surface area (Å²) in [6.07, 6.45) is 0.0590. The number of carbonyl (C=O) groups excluding carboxylic acids is 1. The van der Waals surface area contributed by atoms with E-state index in [0.29, 0.717) is 23.5 Å². The van der Waals surface area contributed by atoms with Gasteiger partial charge in [0.25, 0.3) is 0 Å². The predicted octanol–water partition coefficient (Wildman–Crippen LogP) is 3.27. The molecule has 32 heavy (non-hydrogen) atoms. The van der Waals surface area contributed by atoms with Gasteiger partial charge in [-0.15, -0.1) is 0 Å². The average Bonchev–Trinajstić information content (AvgIpc) is 2.75. The van der Waals surface area contributed by atoms with Gasteiger partial charge in [0.2, 0.25) is 5.91 Å². The van der Waals surface area contributed by atoms with Crippen LogP contribution in [0.15, 0.2) is 18.2 Å². The topological polar surface area (TPSA) is 88.1 Å². The van der Waals surface area contributed by atoms with Gasteiger partial charge in [0.15, 0.2) is 34.8 Å². The number of nitrogens with one attached hydrogen (secondary N) is 1. The summed E-state index contributed by atoms with van der Waals surface area (Å²) in [5.74, 6) is -8.05. The van der Waals surface area contributed by atoms with Crippen LogP contribution in [-0.2, 0) is 16.0 Å². The van der Waals surface area contributed by atoms with E-state index in [0.717, 1.165) is 5.56 Å². The maximum Gasteiger partial charge on any atom is 0.305 e. The number of nitrogens with zero attached hydrogens (tertiary/aromatic N) is 1. The number of carboxylic acid groups (broad SMARTS) is 1. The molecule has 0 aromatic heterocycles. The smallest absolute Gasteiger partial charge is 0.305 e. The number of anilines is 1. The van der Waals surface area contributed by atoms with Crippen molar-refractivity contribution in [2.24, 2.45) is 0 Å². The van der Waals surface area contributed by atoms with Crippen LogP contribution in [0, 0.1) is 23.3 Å². The van der Waals surface area contributed by atoms with Gasteiger partial charge in [-0.25, -0.2) is 17.6 Å². The Morgan fingerprint density at radius 1 is 1.06 bits per heavy atom. The fourth-order valence-electron chi connectivity index (χ4n) is 3.72. The second kappa shape index (κ2) is 9.43.